The van der Waals surface area contributed by atoms with E-state index in [9.17, 15) is 0 Å². The molecular formula is C15H22N4. The highest BCUT2D eigenvalue weighted by atomic mass is 15.3. The van der Waals surface area contributed by atoms with Gasteiger partial charge in [-0.05, 0) is 31.9 Å². The molecule has 2 N–H and O–H groups in total. The summed E-state index contributed by atoms with van der Waals surface area (Å²) in [5, 5.41) is 8.32. The Morgan fingerprint density at radius 1 is 1.16 bits per heavy atom. The Balaban J connectivity index is 2.07. The van der Waals surface area contributed by atoms with E-state index in [-0.39, 0.29) is 6.04 Å². The molecule has 2 rings (SSSR count). The Kier molecular flexibility index (Phi) is 4.68. The fraction of sp³-hybridized carbons (Fsp3) is 0.467. The predicted octanol–water partition coefficient (Wildman–Crippen LogP) is 2.89. The van der Waals surface area contributed by atoms with Gasteiger partial charge in [0, 0.05) is 17.6 Å². The lowest BCUT2D eigenvalue weighted by Gasteiger charge is -2.13. The van der Waals surface area contributed by atoms with Gasteiger partial charge in [0.05, 0.1) is 0 Å². The summed E-state index contributed by atoms with van der Waals surface area (Å²) in [6.07, 6.45) is 5.06. The third-order valence-electron chi connectivity index (χ3n) is 3.35. The van der Waals surface area contributed by atoms with E-state index in [1.54, 1.807) is 6.33 Å². The molecule has 1 heterocycles. The molecule has 0 saturated heterocycles. The minimum absolute atomic E-state index is 0.277. The van der Waals surface area contributed by atoms with Crippen molar-refractivity contribution in [1.29, 1.82) is 0 Å². The Bertz CT molecular complexity index is 490. The van der Waals surface area contributed by atoms with Crippen molar-refractivity contribution in [3.63, 3.8) is 0 Å². The fourth-order valence-corrected chi connectivity index (χ4v) is 2.24. The number of aromatic nitrogens is 3. The van der Waals surface area contributed by atoms with E-state index < -0.39 is 0 Å². The van der Waals surface area contributed by atoms with Gasteiger partial charge in [-0.15, -0.1) is 10.2 Å². The largest absolute Gasteiger partial charge is 0.328 e. The molecule has 2 atom stereocenters. The summed E-state index contributed by atoms with van der Waals surface area (Å²) < 4.78 is 2.07. The second kappa shape index (κ2) is 6.48. The second-order valence-electron chi connectivity index (χ2n) is 5.20. The molecular weight excluding hydrogens is 236 g/mol. The molecule has 0 radical (unpaired) electrons. The number of rotatable bonds is 6. The van der Waals surface area contributed by atoms with Crippen molar-refractivity contribution in [2.45, 2.75) is 45.1 Å². The Morgan fingerprint density at radius 3 is 2.58 bits per heavy atom. The summed E-state index contributed by atoms with van der Waals surface area (Å²) in [5.74, 6) is 1.41. The highest BCUT2D eigenvalue weighted by Gasteiger charge is 2.14. The van der Waals surface area contributed by atoms with Gasteiger partial charge < -0.3 is 5.73 Å². The van der Waals surface area contributed by atoms with Gasteiger partial charge in [-0.3, -0.25) is 4.57 Å². The highest BCUT2D eigenvalue weighted by Crippen LogP contribution is 2.22. The van der Waals surface area contributed by atoms with Gasteiger partial charge in [0.15, 0.2) is 0 Å². The number of para-hydroxylation sites is 1. The first kappa shape index (κ1) is 13.7. The molecule has 0 spiro atoms. The van der Waals surface area contributed by atoms with Crippen molar-refractivity contribution in [3.8, 4) is 5.69 Å². The van der Waals surface area contributed by atoms with E-state index in [4.69, 9.17) is 5.73 Å². The van der Waals surface area contributed by atoms with Gasteiger partial charge in [0.25, 0.3) is 0 Å². The molecule has 1 aromatic carbocycles. The van der Waals surface area contributed by atoms with Crippen molar-refractivity contribution in [2.24, 2.45) is 5.73 Å². The van der Waals surface area contributed by atoms with E-state index in [1.165, 1.54) is 0 Å². The van der Waals surface area contributed by atoms with Gasteiger partial charge in [-0.25, -0.2) is 0 Å². The molecule has 2 unspecified atom stereocenters. The summed E-state index contributed by atoms with van der Waals surface area (Å²) in [6, 6.07) is 10.5. The fourth-order valence-electron chi connectivity index (χ4n) is 2.24. The third-order valence-corrected chi connectivity index (χ3v) is 3.35. The van der Waals surface area contributed by atoms with Crippen LogP contribution in [-0.4, -0.2) is 20.8 Å². The molecule has 0 aliphatic carbocycles. The number of benzene rings is 1. The number of hydrogen-bond acceptors (Lipinski definition) is 3. The second-order valence-corrected chi connectivity index (χ2v) is 5.20. The normalized spacial score (nSPS) is 14.3. The van der Waals surface area contributed by atoms with Crippen LogP contribution in [-0.2, 0) is 0 Å². The third kappa shape index (κ3) is 3.64. The zero-order valence-corrected chi connectivity index (χ0v) is 11.7. The highest BCUT2D eigenvalue weighted by molar-refractivity contribution is 5.32. The van der Waals surface area contributed by atoms with E-state index in [0.29, 0.717) is 5.92 Å². The predicted molar refractivity (Wildman–Crippen MR) is 77.3 cm³/mol. The smallest absolute Gasteiger partial charge is 0.140 e. The van der Waals surface area contributed by atoms with Crippen molar-refractivity contribution in [2.75, 3.05) is 0 Å². The van der Waals surface area contributed by atoms with Crippen LogP contribution in [0, 0.1) is 0 Å². The van der Waals surface area contributed by atoms with Crippen LogP contribution in [0.25, 0.3) is 5.69 Å². The van der Waals surface area contributed by atoms with E-state index >= 15 is 0 Å². The van der Waals surface area contributed by atoms with Gasteiger partial charge >= 0.3 is 0 Å². The number of nitrogens with two attached hydrogens (primary N) is 1. The molecule has 4 nitrogen and oxygen atoms in total. The Hall–Kier alpha value is -1.68. The van der Waals surface area contributed by atoms with Gasteiger partial charge in [0.2, 0.25) is 0 Å². The van der Waals surface area contributed by atoms with Crippen LogP contribution in [0.1, 0.15) is 44.9 Å². The molecule has 0 aliphatic rings. The van der Waals surface area contributed by atoms with E-state index in [1.807, 2.05) is 18.2 Å². The SMILES string of the molecule is CC(N)CCCC(C)c1nncn1-c1ccccc1. The standard InChI is InChI=1S/C15H22N4/c1-12(7-6-8-13(2)16)15-18-17-11-19(15)14-9-4-3-5-10-14/h3-5,9-13H,6-8,16H2,1-2H3. The van der Waals surface area contributed by atoms with Crippen LogP contribution in [0.4, 0.5) is 0 Å². The van der Waals surface area contributed by atoms with Crippen LogP contribution >= 0.6 is 0 Å². The Labute approximate surface area is 114 Å². The lowest BCUT2D eigenvalue weighted by Crippen LogP contribution is -2.14. The molecule has 0 fully saturated rings. The zero-order chi connectivity index (χ0) is 13.7. The topological polar surface area (TPSA) is 56.7 Å². The van der Waals surface area contributed by atoms with Crippen LogP contribution in [0.2, 0.25) is 0 Å². The molecule has 4 heteroatoms. The molecule has 1 aromatic heterocycles. The van der Waals surface area contributed by atoms with Gasteiger partial charge in [-0.1, -0.05) is 31.5 Å². The maximum absolute atomic E-state index is 5.79. The summed E-state index contributed by atoms with van der Waals surface area (Å²) >= 11 is 0. The average Bonchev–Trinajstić information content (AvgIpc) is 2.88. The van der Waals surface area contributed by atoms with Crippen molar-refractivity contribution in [1.82, 2.24) is 14.8 Å². The van der Waals surface area contributed by atoms with Crippen LogP contribution < -0.4 is 5.73 Å². The Morgan fingerprint density at radius 2 is 1.89 bits per heavy atom. The van der Waals surface area contributed by atoms with Crippen molar-refractivity contribution >= 4 is 0 Å². The van der Waals surface area contributed by atoms with Crippen molar-refractivity contribution in [3.05, 3.63) is 42.5 Å². The molecule has 0 aliphatic heterocycles. The zero-order valence-electron chi connectivity index (χ0n) is 11.7. The first-order chi connectivity index (χ1) is 9.18. The van der Waals surface area contributed by atoms with Crippen molar-refractivity contribution < 1.29 is 0 Å². The van der Waals surface area contributed by atoms with Crippen LogP contribution in [0.5, 0.6) is 0 Å². The van der Waals surface area contributed by atoms with E-state index in [2.05, 4.69) is 40.7 Å². The van der Waals surface area contributed by atoms with Gasteiger partial charge in [-0.2, -0.15) is 0 Å². The molecule has 0 amide bonds. The van der Waals surface area contributed by atoms with E-state index in [0.717, 1.165) is 30.8 Å². The van der Waals surface area contributed by atoms with Gasteiger partial charge in [0.1, 0.15) is 12.2 Å². The molecule has 2 aromatic rings. The maximum atomic E-state index is 5.79. The van der Waals surface area contributed by atoms with Crippen LogP contribution in [0.3, 0.4) is 0 Å². The molecule has 19 heavy (non-hydrogen) atoms. The lowest BCUT2D eigenvalue weighted by atomic mass is 10.0. The minimum Gasteiger partial charge on any atom is -0.328 e. The first-order valence-electron chi connectivity index (χ1n) is 6.89. The number of hydrogen-bond donors (Lipinski definition) is 1. The summed E-state index contributed by atoms with van der Waals surface area (Å²) in [4.78, 5) is 0. The molecule has 0 bridgehead atoms. The molecule has 102 valence electrons. The quantitative estimate of drug-likeness (QED) is 0.866. The summed E-state index contributed by atoms with van der Waals surface area (Å²) in [7, 11) is 0. The monoisotopic (exact) mass is 258 g/mol. The average molecular weight is 258 g/mol. The summed E-state index contributed by atoms with van der Waals surface area (Å²) in [5.41, 5.74) is 6.90. The number of nitrogens with zero attached hydrogens (tertiary/aromatic N) is 3. The minimum atomic E-state index is 0.277. The van der Waals surface area contributed by atoms with Crippen LogP contribution in [0.15, 0.2) is 36.7 Å². The first-order valence-corrected chi connectivity index (χ1v) is 6.89. The lowest BCUT2D eigenvalue weighted by molar-refractivity contribution is 0.538. The molecule has 0 saturated carbocycles. The maximum Gasteiger partial charge on any atom is 0.140 e. The summed E-state index contributed by atoms with van der Waals surface area (Å²) in [6.45, 7) is 4.25.